The molecule has 0 radical (unpaired) electrons. The SMILES string of the molecule is C[C@@H](N)c1ccc(-c2ncc[nH]2)s1.Cl. The van der Waals surface area contributed by atoms with E-state index in [2.05, 4.69) is 9.97 Å². The highest BCUT2D eigenvalue weighted by molar-refractivity contribution is 7.15. The maximum Gasteiger partial charge on any atom is 0.147 e. The summed E-state index contributed by atoms with van der Waals surface area (Å²) in [5.74, 6) is 0.914. The zero-order chi connectivity index (χ0) is 9.26. The highest BCUT2D eigenvalue weighted by Gasteiger charge is 2.06. The van der Waals surface area contributed by atoms with Crippen LogP contribution in [0.3, 0.4) is 0 Å². The fourth-order valence-electron chi connectivity index (χ4n) is 1.12. The molecule has 0 aliphatic carbocycles. The zero-order valence-electron chi connectivity index (χ0n) is 7.73. The van der Waals surface area contributed by atoms with Crippen LogP contribution in [0, 0.1) is 0 Å². The molecule has 2 aromatic heterocycles. The van der Waals surface area contributed by atoms with Gasteiger partial charge in [0.25, 0.3) is 0 Å². The van der Waals surface area contributed by atoms with E-state index < -0.39 is 0 Å². The molecule has 0 aliphatic rings. The lowest BCUT2D eigenvalue weighted by Gasteiger charge is -1.97. The summed E-state index contributed by atoms with van der Waals surface area (Å²) in [7, 11) is 0. The molecule has 1 atom stereocenters. The van der Waals surface area contributed by atoms with Crippen LogP contribution in [0.25, 0.3) is 10.7 Å². The van der Waals surface area contributed by atoms with Crippen LogP contribution in [0.4, 0.5) is 0 Å². The molecule has 3 N–H and O–H groups in total. The van der Waals surface area contributed by atoms with Crippen molar-refractivity contribution >= 4 is 23.7 Å². The predicted octanol–water partition coefficient (Wildman–Crippen LogP) is 2.58. The van der Waals surface area contributed by atoms with Crippen LogP contribution < -0.4 is 5.73 Å². The molecule has 0 saturated carbocycles. The second-order valence-corrected chi connectivity index (χ2v) is 4.04. The molecule has 0 unspecified atom stereocenters. The van der Waals surface area contributed by atoms with Crippen LogP contribution in [0.1, 0.15) is 17.8 Å². The Labute approximate surface area is 92.8 Å². The van der Waals surface area contributed by atoms with E-state index in [-0.39, 0.29) is 18.4 Å². The third-order valence-corrected chi connectivity index (χ3v) is 3.10. The molecule has 3 nitrogen and oxygen atoms in total. The number of halogens is 1. The minimum Gasteiger partial charge on any atom is -0.344 e. The van der Waals surface area contributed by atoms with E-state index in [0.717, 1.165) is 10.7 Å². The normalized spacial score (nSPS) is 12.1. The Balaban J connectivity index is 0.000000980. The minimum absolute atomic E-state index is 0. The first-order chi connectivity index (χ1) is 6.27. The molecule has 0 saturated heterocycles. The van der Waals surface area contributed by atoms with Crippen molar-refractivity contribution in [2.75, 3.05) is 0 Å². The second kappa shape index (κ2) is 4.59. The van der Waals surface area contributed by atoms with Gasteiger partial charge in [0, 0.05) is 23.3 Å². The standard InChI is InChI=1S/C9H11N3S.ClH/c1-6(10)7-2-3-8(13-7)9-11-4-5-12-9;/h2-6H,10H2,1H3,(H,11,12);1H/t6-;/m1./s1. The van der Waals surface area contributed by atoms with Crippen LogP contribution in [-0.4, -0.2) is 9.97 Å². The summed E-state index contributed by atoms with van der Waals surface area (Å²) in [5.41, 5.74) is 5.76. The molecule has 5 heteroatoms. The fourth-order valence-corrected chi connectivity index (χ4v) is 2.05. The van der Waals surface area contributed by atoms with Gasteiger partial charge in [-0.1, -0.05) is 0 Å². The monoisotopic (exact) mass is 229 g/mol. The first-order valence-corrected chi connectivity index (χ1v) is 4.94. The molecule has 0 fully saturated rings. The first-order valence-electron chi connectivity index (χ1n) is 4.12. The topological polar surface area (TPSA) is 54.7 Å². The van der Waals surface area contributed by atoms with E-state index in [9.17, 15) is 0 Å². The Kier molecular flexibility index (Phi) is 3.69. The van der Waals surface area contributed by atoms with Gasteiger partial charge >= 0.3 is 0 Å². The lowest BCUT2D eigenvalue weighted by molar-refractivity contribution is 0.838. The number of rotatable bonds is 2. The summed E-state index contributed by atoms with van der Waals surface area (Å²) in [6.07, 6.45) is 3.57. The van der Waals surface area contributed by atoms with E-state index in [0.29, 0.717) is 0 Å². The summed E-state index contributed by atoms with van der Waals surface area (Å²) < 4.78 is 0. The number of imidazole rings is 1. The van der Waals surface area contributed by atoms with Gasteiger partial charge in [0.1, 0.15) is 5.82 Å². The van der Waals surface area contributed by atoms with Crippen LogP contribution >= 0.6 is 23.7 Å². The van der Waals surface area contributed by atoms with Gasteiger partial charge < -0.3 is 10.7 Å². The molecule has 2 heterocycles. The van der Waals surface area contributed by atoms with Gasteiger partial charge in [-0.3, -0.25) is 0 Å². The van der Waals surface area contributed by atoms with Gasteiger partial charge in [0.15, 0.2) is 0 Å². The lowest BCUT2D eigenvalue weighted by Crippen LogP contribution is -2.01. The number of H-pyrrole nitrogens is 1. The van der Waals surface area contributed by atoms with E-state index in [1.165, 1.54) is 4.88 Å². The summed E-state index contributed by atoms with van der Waals surface area (Å²) in [6.45, 7) is 1.98. The Bertz CT molecular complexity index is 380. The van der Waals surface area contributed by atoms with Crippen molar-refractivity contribution in [3.05, 3.63) is 29.4 Å². The molecule has 0 aliphatic heterocycles. The average Bonchev–Trinajstić information content (AvgIpc) is 2.75. The highest BCUT2D eigenvalue weighted by atomic mass is 35.5. The number of aromatic nitrogens is 2. The molecule has 0 amide bonds. The van der Waals surface area contributed by atoms with Crippen molar-refractivity contribution in [2.45, 2.75) is 13.0 Å². The predicted molar refractivity (Wildman–Crippen MR) is 61.8 cm³/mol. The largest absolute Gasteiger partial charge is 0.344 e. The Morgan fingerprint density at radius 3 is 2.79 bits per heavy atom. The van der Waals surface area contributed by atoms with Crippen molar-refractivity contribution in [1.82, 2.24) is 9.97 Å². The average molecular weight is 230 g/mol. The number of thiophene rings is 1. The maximum atomic E-state index is 5.76. The number of nitrogens with zero attached hydrogens (tertiary/aromatic N) is 1. The Morgan fingerprint density at radius 1 is 1.50 bits per heavy atom. The molecule has 0 spiro atoms. The van der Waals surface area contributed by atoms with Crippen molar-refractivity contribution in [3.8, 4) is 10.7 Å². The molecular formula is C9H12ClN3S. The van der Waals surface area contributed by atoms with Crippen molar-refractivity contribution in [3.63, 3.8) is 0 Å². The number of hydrogen-bond acceptors (Lipinski definition) is 3. The van der Waals surface area contributed by atoms with Gasteiger partial charge in [-0.15, -0.1) is 23.7 Å². The second-order valence-electron chi connectivity index (χ2n) is 2.93. The molecule has 0 bridgehead atoms. The molecule has 0 aromatic carbocycles. The van der Waals surface area contributed by atoms with Crippen LogP contribution in [-0.2, 0) is 0 Å². The van der Waals surface area contributed by atoms with Gasteiger partial charge in [-0.05, 0) is 19.1 Å². The molecule has 2 rings (SSSR count). The van der Waals surface area contributed by atoms with Crippen molar-refractivity contribution < 1.29 is 0 Å². The molecule has 2 aromatic rings. The highest BCUT2D eigenvalue weighted by Crippen LogP contribution is 2.27. The molecule has 14 heavy (non-hydrogen) atoms. The van der Waals surface area contributed by atoms with Crippen LogP contribution in [0.15, 0.2) is 24.5 Å². The third-order valence-electron chi connectivity index (χ3n) is 1.81. The van der Waals surface area contributed by atoms with E-state index in [1.54, 1.807) is 17.5 Å². The Morgan fingerprint density at radius 2 is 2.29 bits per heavy atom. The smallest absolute Gasteiger partial charge is 0.147 e. The van der Waals surface area contributed by atoms with E-state index in [1.807, 2.05) is 25.3 Å². The number of aromatic amines is 1. The van der Waals surface area contributed by atoms with Gasteiger partial charge in [0.2, 0.25) is 0 Å². The molecular weight excluding hydrogens is 218 g/mol. The number of hydrogen-bond donors (Lipinski definition) is 2. The number of nitrogens with one attached hydrogen (secondary N) is 1. The van der Waals surface area contributed by atoms with Crippen LogP contribution in [0.2, 0.25) is 0 Å². The quantitative estimate of drug-likeness (QED) is 0.832. The lowest BCUT2D eigenvalue weighted by atomic mass is 10.3. The minimum atomic E-state index is 0. The molecule has 76 valence electrons. The van der Waals surface area contributed by atoms with Crippen molar-refractivity contribution in [2.24, 2.45) is 5.73 Å². The van der Waals surface area contributed by atoms with E-state index >= 15 is 0 Å². The van der Waals surface area contributed by atoms with Gasteiger partial charge in [-0.25, -0.2) is 4.98 Å². The zero-order valence-corrected chi connectivity index (χ0v) is 9.36. The van der Waals surface area contributed by atoms with Crippen molar-refractivity contribution in [1.29, 1.82) is 0 Å². The maximum absolute atomic E-state index is 5.76. The summed E-state index contributed by atoms with van der Waals surface area (Å²) >= 11 is 1.68. The first kappa shape index (κ1) is 11.2. The third kappa shape index (κ3) is 2.15. The summed E-state index contributed by atoms with van der Waals surface area (Å²) in [6, 6.07) is 4.20. The van der Waals surface area contributed by atoms with Crippen LogP contribution in [0.5, 0.6) is 0 Å². The Hall–Kier alpha value is -0.840. The fraction of sp³-hybridized carbons (Fsp3) is 0.222. The summed E-state index contributed by atoms with van der Waals surface area (Å²) in [4.78, 5) is 9.56. The number of nitrogens with two attached hydrogens (primary N) is 1. The van der Waals surface area contributed by atoms with Gasteiger partial charge in [-0.2, -0.15) is 0 Å². The van der Waals surface area contributed by atoms with Gasteiger partial charge in [0.05, 0.1) is 4.88 Å². The van der Waals surface area contributed by atoms with E-state index in [4.69, 9.17) is 5.73 Å². The summed E-state index contributed by atoms with van der Waals surface area (Å²) in [5, 5.41) is 0.